The molecule has 0 aromatic rings. The maximum atomic E-state index is 11.9. The second-order valence-electron chi connectivity index (χ2n) is 4.77. The summed E-state index contributed by atoms with van der Waals surface area (Å²) in [6.45, 7) is 0.733. The number of aliphatic carboxylic acids is 1. The first-order valence-corrected chi connectivity index (χ1v) is 5.84. The topological polar surface area (TPSA) is 60.9 Å². The van der Waals surface area contributed by atoms with E-state index in [1.807, 2.05) is 7.05 Å². The smallest absolute Gasteiger partial charge is 0.320 e. The zero-order valence-electron chi connectivity index (χ0n) is 9.56. The average molecular weight is 226 g/mol. The van der Waals surface area contributed by atoms with Gasteiger partial charge in [-0.15, -0.1) is 0 Å². The predicted molar refractivity (Wildman–Crippen MR) is 58.1 cm³/mol. The van der Waals surface area contributed by atoms with E-state index < -0.39 is 5.97 Å². The number of likely N-dealkylation sites (tertiary alicyclic amines) is 1. The van der Waals surface area contributed by atoms with Crippen molar-refractivity contribution in [3.8, 4) is 0 Å². The van der Waals surface area contributed by atoms with Crippen molar-refractivity contribution in [2.75, 3.05) is 20.1 Å². The predicted octanol–water partition coefficient (Wildman–Crippen LogP) is 0.997. The molecule has 90 valence electrons. The molecule has 0 unspecified atom stereocenters. The lowest BCUT2D eigenvalue weighted by molar-refractivity contribution is -0.146. The maximum absolute atomic E-state index is 11.9. The number of hydrogen-bond acceptors (Lipinski definition) is 2. The molecule has 0 radical (unpaired) electrons. The van der Waals surface area contributed by atoms with Gasteiger partial charge in [-0.1, -0.05) is 12.8 Å². The summed E-state index contributed by atoms with van der Waals surface area (Å²) in [4.78, 5) is 26.0. The van der Waals surface area contributed by atoms with Crippen LogP contribution in [0.3, 0.4) is 0 Å². The summed E-state index contributed by atoms with van der Waals surface area (Å²) in [6, 6.07) is 0.348. The Morgan fingerprint density at radius 3 is 2.31 bits per heavy atom. The number of carbonyl (C=O) groups is 2. The molecule has 2 rings (SSSR count). The highest BCUT2D eigenvalue weighted by molar-refractivity contribution is 5.79. The number of nitrogens with zero attached hydrogens (tertiary/aromatic N) is 2. The Labute approximate surface area is 95.0 Å². The van der Waals surface area contributed by atoms with Gasteiger partial charge in [0.2, 0.25) is 0 Å². The van der Waals surface area contributed by atoms with Crippen molar-refractivity contribution in [2.45, 2.75) is 31.7 Å². The summed E-state index contributed by atoms with van der Waals surface area (Å²) in [5.41, 5.74) is 0. The molecule has 2 fully saturated rings. The SMILES string of the molecule is CN(C(=O)N1CC(C(=O)O)C1)C1CCCC1. The molecule has 2 aliphatic rings. The van der Waals surface area contributed by atoms with Crippen LogP contribution in [0.1, 0.15) is 25.7 Å². The van der Waals surface area contributed by atoms with Gasteiger partial charge in [0.15, 0.2) is 0 Å². The van der Waals surface area contributed by atoms with E-state index in [0.29, 0.717) is 19.1 Å². The first-order valence-electron chi connectivity index (χ1n) is 5.84. The van der Waals surface area contributed by atoms with Crippen molar-refractivity contribution >= 4 is 12.0 Å². The van der Waals surface area contributed by atoms with Gasteiger partial charge in [-0.3, -0.25) is 4.79 Å². The zero-order valence-corrected chi connectivity index (χ0v) is 9.56. The Morgan fingerprint density at radius 1 is 1.25 bits per heavy atom. The molecular weight excluding hydrogens is 208 g/mol. The summed E-state index contributed by atoms with van der Waals surface area (Å²) in [5, 5.41) is 8.73. The number of carboxylic acid groups (broad SMARTS) is 1. The quantitative estimate of drug-likeness (QED) is 0.764. The maximum Gasteiger partial charge on any atom is 0.320 e. The van der Waals surface area contributed by atoms with Gasteiger partial charge in [0.05, 0.1) is 5.92 Å². The normalized spacial score (nSPS) is 21.9. The van der Waals surface area contributed by atoms with Gasteiger partial charge in [0.25, 0.3) is 0 Å². The number of rotatable bonds is 2. The van der Waals surface area contributed by atoms with Crippen LogP contribution in [0.4, 0.5) is 4.79 Å². The van der Waals surface area contributed by atoms with Gasteiger partial charge >= 0.3 is 12.0 Å². The highest BCUT2D eigenvalue weighted by atomic mass is 16.4. The number of urea groups is 1. The minimum atomic E-state index is -0.799. The fraction of sp³-hybridized carbons (Fsp3) is 0.818. The summed E-state index contributed by atoms with van der Waals surface area (Å²) in [6.07, 6.45) is 4.55. The standard InChI is InChI=1S/C11H18N2O3/c1-12(9-4-2-3-5-9)11(16)13-6-8(7-13)10(14)15/h8-9H,2-7H2,1H3,(H,14,15). The van der Waals surface area contributed by atoms with Crippen LogP contribution >= 0.6 is 0 Å². The Bertz CT molecular complexity index is 294. The molecule has 1 aliphatic heterocycles. The molecular formula is C11H18N2O3. The lowest BCUT2D eigenvalue weighted by atomic mass is 10.0. The second-order valence-corrected chi connectivity index (χ2v) is 4.77. The van der Waals surface area contributed by atoms with Crippen molar-refractivity contribution in [3.63, 3.8) is 0 Å². The molecule has 1 aliphatic carbocycles. The average Bonchev–Trinajstić information content (AvgIpc) is 2.65. The Morgan fingerprint density at radius 2 is 1.81 bits per heavy atom. The van der Waals surface area contributed by atoms with E-state index >= 15 is 0 Å². The molecule has 1 saturated carbocycles. The number of carboxylic acids is 1. The molecule has 2 amide bonds. The molecule has 0 spiro atoms. The Hall–Kier alpha value is -1.26. The molecule has 0 aromatic heterocycles. The van der Waals surface area contributed by atoms with Crippen LogP contribution in [0, 0.1) is 5.92 Å². The minimum absolute atomic E-state index is 0.00981. The second kappa shape index (κ2) is 4.31. The van der Waals surface area contributed by atoms with Crippen molar-refractivity contribution in [1.29, 1.82) is 0 Å². The first kappa shape index (κ1) is 11.2. The van der Waals surface area contributed by atoms with E-state index in [4.69, 9.17) is 5.11 Å². The third-order valence-electron chi connectivity index (χ3n) is 3.68. The van der Waals surface area contributed by atoms with E-state index in [0.717, 1.165) is 12.8 Å². The van der Waals surface area contributed by atoms with Crippen LogP contribution in [0.2, 0.25) is 0 Å². The van der Waals surface area contributed by atoms with Crippen molar-refractivity contribution in [2.24, 2.45) is 5.92 Å². The number of hydrogen-bond donors (Lipinski definition) is 1. The van der Waals surface area contributed by atoms with E-state index in [-0.39, 0.29) is 11.9 Å². The molecule has 1 saturated heterocycles. The van der Waals surface area contributed by atoms with E-state index in [2.05, 4.69) is 0 Å². The fourth-order valence-electron chi connectivity index (χ4n) is 2.46. The summed E-state index contributed by atoms with van der Waals surface area (Å²) < 4.78 is 0. The van der Waals surface area contributed by atoms with Gasteiger partial charge in [-0.05, 0) is 12.8 Å². The molecule has 1 N–H and O–H groups in total. The van der Waals surface area contributed by atoms with Crippen LogP contribution in [0.25, 0.3) is 0 Å². The van der Waals surface area contributed by atoms with Crippen LogP contribution in [0.15, 0.2) is 0 Å². The molecule has 0 bridgehead atoms. The molecule has 0 aromatic carbocycles. The Balaban J connectivity index is 1.82. The van der Waals surface area contributed by atoms with E-state index in [1.54, 1.807) is 9.80 Å². The van der Waals surface area contributed by atoms with Crippen LogP contribution in [-0.4, -0.2) is 53.1 Å². The molecule has 16 heavy (non-hydrogen) atoms. The first-order chi connectivity index (χ1) is 7.59. The third kappa shape index (κ3) is 1.99. The number of carbonyl (C=O) groups excluding carboxylic acids is 1. The monoisotopic (exact) mass is 226 g/mol. The third-order valence-corrected chi connectivity index (χ3v) is 3.68. The van der Waals surface area contributed by atoms with Crippen LogP contribution in [0.5, 0.6) is 0 Å². The van der Waals surface area contributed by atoms with Gasteiger partial charge in [0.1, 0.15) is 0 Å². The number of amides is 2. The minimum Gasteiger partial charge on any atom is -0.481 e. The fourth-order valence-corrected chi connectivity index (χ4v) is 2.46. The van der Waals surface area contributed by atoms with E-state index in [1.165, 1.54) is 12.8 Å². The lowest BCUT2D eigenvalue weighted by Gasteiger charge is -2.40. The van der Waals surface area contributed by atoms with Gasteiger partial charge in [0, 0.05) is 26.2 Å². The highest BCUT2D eigenvalue weighted by Gasteiger charge is 2.38. The van der Waals surface area contributed by atoms with Gasteiger partial charge in [-0.2, -0.15) is 0 Å². The Kier molecular flexibility index (Phi) is 3.03. The molecule has 5 nitrogen and oxygen atoms in total. The van der Waals surface area contributed by atoms with Gasteiger partial charge < -0.3 is 14.9 Å². The largest absolute Gasteiger partial charge is 0.481 e. The molecule has 1 heterocycles. The van der Waals surface area contributed by atoms with E-state index in [9.17, 15) is 9.59 Å². The van der Waals surface area contributed by atoms with Crippen LogP contribution < -0.4 is 0 Å². The molecule has 5 heteroatoms. The van der Waals surface area contributed by atoms with Gasteiger partial charge in [-0.25, -0.2) is 4.79 Å². The summed E-state index contributed by atoms with van der Waals surface area (Å²) >= 11 is 0. The zero-order chi connectivity index (χ0) is 11.7. The lowest BCUT2D eigenvalue weighted by Crippen LogP contribution is -2.57. The van der Waals surface area contributed by atoms with Crippen molar-refractivity contribution < 1.29 is 14.7 Å². The van der Waals surface area contributed by atoms with Crippen molar-refractivity contribution in [3.05, 3.63) is 0 Å². The summed E-state index contributed by atoms with van der Waals surface area (Å²) in [7, 11) is 1.83. The van der Waals surface area contributed by atoms with Crippen molar-refractivity contribution in [1.82, 2.24) is 9.80 Å². The highest BCUT2D eigenvalue weighted by Crippen LogP contribution is 2.25. The van der Waals surface area contributed by atoms with Crippen LogP contribution in [-0.2, 0) is 4.79 Å². The summed E-state index contributed by atoms with van der Waals surface area (Å²) in [5.74, 6) is -1.16. The molecule has 0 atom stereocenters.